The minimum Gasteiger partial charge on any atom is -0.376 e. The van der Waals surface area contributed by atoms with E-state index < -0.39 is 0 Å². The zero-order chi connectivity index (χ0) is 12.4. The Labute approximate surface area is 108 Å². The second-order valence-electron chi connectivity index (χ2n) is 3.73. The van der Waals surface area contributed by atoms with Gasteiger partial charge in [0, 0.05) is 9.90 Å². The standard InChI is InChI=1S/C12H12ClFN2S/c1-7-8(2)17-12(16-7)6-15-11-5-9(13)3-4-10(11)14/h3-5,15H,6H2,1-2H3. The van der Waals surface area contributed by atoms with E-state index in [2.05, 4.69) is 10.3 Å². The number of aromatic nitrogens is 1. The predicted molar refractivity (Wildman–Crippen MR) is 70.3 cm³/mol. The van der Waals surface area contributed by atoms with Gasteiger partial charge in [-0.15, -0.1) is 11.3 Å². The fourth-order valence-corrected chi connectivity index (χ4v) is 2.46. The average Bonchev–Trinajstić information content (AvgIpc) is 2.60. The third kappa shape index (κ3) is 2.96. The first kappa shape index (κ1) is 12.3. The summed E-state index contributed by atoms with van der Waals surface area (Å²) in [6.45, 7) is 4.50. The first-order valence-electron chi connectivity index (χ1n) is 5.18. The van der Waals surface area contributed by atoms with Gasteiger partial charge in [-0.3, -0.25) is 0 Å². The molecule has 17 heavy (non-hydrogen) atoms. The van der Waals surface area contributed by atoms with Gasteiger partial charge < -0.3 is 5.32 Å². The maximum Gasteiger partial charge on any atom is 0.146 e. The Kier molecular flexibility index (Phi) is 3.64. The Morgan fingerprint density at radius 2 is 2.18 bits per heavy atom. The van der Waals surface area contributed by atoms with E-state index in [0.717, 1.165) is 10.7 Å². The van der Waals surface area contributed by atoms with Gasteiger partial charge in [0.25, 0.3) is 0 Å². The van der Waals surface area contributed by atoms with Gasteiger partial charge in [-0.25, -0.2) is 9.37 Å². The van der Waals surface area contributed by atoms with E-state index in [-0.39, 0.29) is 5.82 Å². The molecule has 0 unspecified atom stereocenters. The van der Waals surface area contributed by atoms with E-state index >= 15 is 0 Å². The highest BCUT2D eigenvalue weighted by molar-refractivity contribution is 7.11. The molecule has 0 fully saturated rings. The Morgan fingerprint density at radius 3 is 2.82 bits per heavy atom. The lowest BCUT2D eigenvalue weighted by Crippen LogP contribution is -2.01. The minimum atomic E-state index is -0.306. The normalized spacial score (nSPS) is 10.6. The van der Waals surface area contributed by atoms with E-state index in [9.17, 15) is 4.39 Å². The summed E-state index contributed by atoms with van der Waals surface area (Å²) < 4.78 is 13.4. The Hall–Kier alpha value is -1.13. The van der Waals surface area contributed by atoms with Crippen LogP contribution in [0.15, 0.2) is 18.2 Å². The fourth-order valence-electron chi connectivity index (χ4n) is 1.42. The molecule has 0 radical (unpaired) electrons. The van der Waals surface area contributed by atoms with Crippen molar-refractivity contribution in [1.82, 2.24) is 4.98 Å². The van der Waals surface area contributed by atoms with Gasteiger partial charge in [-0.1, -0.05) is 11.6 Å². The Bertz CT molecular complexity index is 520. The lowest BCUT2D eigenvalue weighted by Gasteiger charge is -2.05. The van der Waals surface area contributed by atoms with Crippen LogP contribution in [-0.2, 0) is 6.54 Å². The fraction of sp³-hybridized carbons (Fsp3) is 0.250. The summed E-state index contributed by atoms with van der Waals surface area (Å²) in [7, 11) is 0. The molecule has 1 N–H and O–H groups in total. The molecule has 0 atom stereocenters. The van der Waals surface area contributed by atoms with Gasteiger partial charge in [-0.05, 0) is 32.0 Å². The largest absolute Gasteiger partial charge is 0.376 e. The molecule has 0 aliphatic carbocycles. The molecule has 1 heterocycles. The number of nitrogens with one attached hydrogen (secondary N) is 1. The third-order valence-electron chi connectivity index (χ3n) is 2.43. The van der Waals surface area contributed by atoms with Crippen LogP contribution in [0.1, 0.15) is 15.6 Å². The van der Waals surface area contributed by atoms with Crippen molar-refractivity contribution in [2.75, 3.05) is 5.32 Å². The topological polar surface area (TPSA) is 24.9 Å². The summed E-state index contributed by atoms with van der Waals surface area (Å²) in [4.78, 5) is 5.57. The van der Waals surface area contributed by atoms with Crippen LogP contribution in [0.2, 0.25) is 5.02 Å². The molecule has 1 aromatic heterocycles. The maximum absolute atomic E-state index is 13.4. The number of aryl methyl sites for hydroxylation is 2. The number of benzene rings is 1. The number of nitrogens with zero attached hydrogens (tertiary/aromatic N) is 1. The molecule has 0 amide bonds. The quantitative estimate of drug-likeness (QED) is 0.906. The second-order valence-corrected chi connectivity index (χ2v) is 5.45. The number of anilines is 1. The molecular formula is C12H12ClFN2S. The van der Waals surface area contributed by atoms with Crippen molar-refractivity contribution in [1.29, 1.82) is 0 Å². The van der Waals surface area contributed by atoms with E-state index in [1.54, 1.807) is 17.4 Å². The molecule has 2 aromatic rings. The summed E-state index contributed by atoms with van der Waals surface area (Å²) in [6, 6.07) is 4.45. The molecule has 0 aliphatic heterocycles. The predicted octanol–water partition coefficient (Wildman–Crippen LogP) is 4.16. The van der Waals surface area contributed by atoms with E-state index in [4.69, 9.17) is 11.6 Å². The molecule has 0 saturated carbocycles. The molecule has 1 aromatic carbocycles. The maximum atomic E-state index is 13.4. The Morgan fingerprint density at radius 1 is 1.41 bits per heavy atom. The van der Waals surface area contributed by atoms with Crippen molar-refractivity contribution >= 4 is 28.6 Å². The molecule has 0 aliphatic rings. The molecule has 2 rings (SSSR count). The highest BCUT2D eigenvalue weighted by atomic mass is 35.5. The monoisotopic (exact) mass is 270 g/mol. The number of hydrogen-bond donors (Lipinski definition) is 1. The molecule has 5 heteroatoms. The van der Waals surface area contributed by atoms with Crippen molar-refractivity contribution < 1.29 is 4.39 Å². The van der Waals surface area contributed by atoms with E-state index in [0.29, 0.717) is 17.3 Å². The first-order chi connectivity index (χ1) is 8.06. The van der Waals surface area contributed by atoms with Crippen LogP contribution < -0.4 is 5.32 Å². The second kappa shape index (κ2) is 5.02. The summed E-state index contributed by atoms with van der Waals surface area (Å²) in [5, 5.41) is 4.46. The lowest BCUT2D eigenvalue weighted by atomic mass is 10.3. The SMILES string of the molecule is Cc1nc(CNc2cc(Cl)ccc2F)sc1C. The summed E-state index contributed by atoms with van der Waals surface area (Å²) in [5.74, 6) is -0.306. The van der Waals surface area contributed by atoms with Crippen LogP contribution in [0.5, 0.6) is 0 Å². The van der Waals surface area contributed by atoms with E-state index in [1.165, 1.54) is 17.0 Å². The summed E-state index contributed by atoms with van der Waals surface area (Å²) in [6.07, 6.45) is 0. The van der Waals surface area contributed by atoms with E-state index in [1.807, 2.05) is 13.8 Å². The number of rotatable bonds is 3. The number of thiazole rings is 1. The molecule has 0 bridgehead atoms. The van der Waals surface area contributed by atoms with Gasteiger partial charge >= 0.3 is 0 Å². The minimum absolute atomic E-state index is 0.306. The van der Waals surface area contributed by atoms with Crippen molar-refractivity contribution in [3.63, 3.8) is 0 Å². The molecule has 0 saturated heterocycles. The van der Waals surface area contributed by atoms with Gasteiger partial charge in [0.05, 0.1) is 17.9 Å². The average molecular weight is 271 g/mol. The van der Waals surface area contributed by atoms with Crippen molar-refractivity contribution in [3.05, 3.63) is 44.6 Å². The first-order valence-corrected chi connectivity index (χ1v) is 6.37. The van der Waals surface area contributed by atoms with Crippen LogP contribution in [0.3, 0.4) is 0 Å². The van der Waals surface area contributed by atoms with Crippen LogP contribution in [0, 0.1) is 19.7 Å². The molecule has 90 valence electrons. The van der Waals surface area contributed by atoms with Crippen LogP contribution in [0.4, 0.5) is 10.1 Å². The van der Waals surface area contributed by atoms with Crippen LogP contribution in [-0.4, -0.2) is 4.98 Å². The summed E-state index contributed by atoms with van der Waals surface area (Å²) >= 11 is 7.42. The highest BCUT2D eigenvalue weighted by Gasteiger charge is 2.06. The molecule has 2 nitrogen and oxygen atoms in total. The van der Waals surface area contributed by atoms with Gasteiger partial charge in [0.2, 0.25) is 0 Å². The number of hydrogen-bond acceptors (Lipinski definition) is 3. The zero-order valence-corrected chi connectivity index (χ0v) is 11.1. The third-order valence-corrected chi connectivity index (χ3v) is 3.74. The van der Waals surface area contributed by atoms with Crippen molar-refractivity contribution in [2.45, 2.75) is 20.4 Å². The van der Waals surface area contributed by atoms with Gasteiger partial charge in [0.15, 0.2) is 0 Å². The van der Waals surface area contributed by atoms with Gasteiger partial charge in [0.1, 0.15) is 10.8 Å². The van der Waals surface area contributed by atoms with Crippen LogP contribution >= 0.6 is 22.9 Å². The van der Waals surface area contributed by atoms with Crippen molar-refractivity contribution in [2.24, 2.45) is 0 Å². The smallest absolute Gasteiger partial charge is 0.146 e. The number of halogens is 2. The molecule has 0 spiro atoms. The van der Waals surface area contributed by atoms with Crippen molar-refractivity contribution in [3.8, 4) is 0 Å². The van der Waals surface area contributed by atoms with Crippen LogP contribution in [0.25, 0.3) is 0 Å². The summed E-state index contributed by atoms with van der Waals surface area (Å²) in [5.41, 5.74) is 1.43. The molecular weight excluding hydrogens is 259 g/mol. The highest BCUT2D eigenvalue weighted by Crippen LogP contribution is 2.22. The Balaban J connectivity index is 2.09. The zero-order valence-electron chi connectivity index (χ0n) is 9.55. The van der Waals surface area contributed by atoms with Gasteiger partial charge in [-0.2, -0.15) is 0 Å². The lowest BCUT2D eigenvalue weighted by molar-refractivity contribution is 0.630.